The van der Waals surface area contributed by atoms with Gasteiger partial charge in [0.2, 0.25) is 0 Å². The fourth-order valence-electron chi connectivity index (χ4n) is 11.1. The molecule has 1 fully saturated rings. The van der Waals surface area contributed by atoms with Gasteiger partial charge in [0.25, 0.3) is 0 Å². The maximum absolute atomic E-state index is 2.56. The van der Waals surface area contributed by atoms with Gasteiger partial charge in [0.15, 0.2) is 0 Å². The molecule has 2 heterocycles. The molecule has 278 valence electrons. The predicted molar refractivity (Wildman–Crippen MR) is 249 cm³/mol. The first-order valence-corrected chi connectivity index (χ1v) is 26.8. The highest BCUT2D eigenvalue weighted by molar-refractivity contribution is 7.03. The van der Waals surface area contributed by atoms with E-state index in [9.17, 15) is 0 Å². The van der Waals surface area contributed by atoms with Crippen LogP contribution in [0.4, 0.5) is 34.1 Å². The summed E-state index contributed by atoms with van der Waals surface area (Å²) < 4.78 is 0. The van der Waals surface area contributed by atoms with Gasteiger partial charge in [0.1, 0.15) is 16.1 Å². The Morgan fingerprint density at radius 3 is 1.32 bits per heavy atom. The molecule has 0 saturated heterocycles. The zero-order chi connectivity index (χ0) is 38.5. The zero-order valence-corrected chi connectivity index (χ0v) is 35.4. The molecule has 57 heavy (non-hydrogen) atoms. The van der Waals surface area contributed by atoms with E-state index >= 15 is 0 Å². The second-order valence-electron chi connectivity index (χ2n) is 17.7. The van der Waals surface area contributed by atoms with E-state index < -0.39 is 16.1 Å². The molecule has 7 aromatic carbocycles. The van der Waals surface area contributed by atoms with Crippen molar-refractivity contribution in [2.75, 3.05) is 9.80 Å². The van der Waals surface area contributed by atoms with Crippen LogP contribution in [0, 0.1) is 0 Å². The van der Waals surface area contributed by atoms with E-state index in [1.54, 1.807) is 0 Å². The average molecular weight is 769 g/mol. The Bertz CT molecular complexity index is 2670. The Labute approximate surface area is 339 Å². The van der Waals surface area contributed by atoms with Crippen LogP contribution < -0.4 is 30.5 Å². The smallest absolute Gasteiger partial charge is 0.117 e. The van der Waals surface area contributed by atoms with Crippen molar-refractivity contribution in [2.45, 2.75) is 57.3 Å². The van der Waals surface area contributed by atoms with Gasteiger partial charge in [-0.2, -0.15) is 0 Å². The van der Waals surface area contributed by atoms with Crippen molar-refractivity contribution >= 4 is 83.2 Å². The lowest BCUT2D eigenvalue weighted by molar-refractivity contribution is 0.550. The summed E-state index contributed by atoms with van der Waals surface area (Å²) in [6.07, 6.45) is 9.57. The standard InChI is InChI=1S/C53H48N2Si2/c1-56(2)49-19-9-5-15-45(49)54(46-16-6-10-20-50(46)56)39-28-25-37(26-29-39)23-24-38-27-31-41-42-32-30-40(36-44(42)53(43(41)35-38)33-13-14-34-53)55-47-17-7-11-21-51(47)57(3,4)52-22-12-8-18-48(52)55/h5-12,15-32,35-36H,13-14,33-34H2,1-4H3. The fourth-order valence-corrected chi connectivity index (χ4v) is 17.1. The van der Waals surface area contributed by atoms with Crippen molar-refractivity contribution in [1.82, 2.24) is 0 Å². The quantitative estimate of drug-likeness (QED) is 0.130. The summed E-state index contributed by atoms with van der Waals surface area (Å²) in [5, 5.41) is 6.02. The molecule has 4 heteroatoms. The number of anilines is 6. The summed E-state index contributed by atoms with van der Waals surface area (Å²) >= 11 is 0. The first-order valence-electron chi connectivity index (χ1n) is 20.8. The first-order chi connectivity index (χ1) is 27.8. The highest BCUT2D eigenvalue weighted by Gasteiger charge is 2.46. The molecule has 0 bridgehead atoms. The van der Waals surface area contributed by atoms with Crippen LogP contribution in [0.3, 0.4) is 0 Å². The van der Waals surface area contributed by atoms with Crippen molar-refractivity contribution in [3.8, 4) is 11.1 Å². The Balaban J connectivity index is 0.925. The van der Waals surface area contributed by atoms with Crippen molar-refractivity contribution < 1.29 is 0 Å². The summed E-state index contributed by atoms with van der Waals surface area (Å²) in [5.74, 6) is 0. The van der Waals surface area contributed by atoms with Crippen LogP contribution in [0.25, 0.3) is 23.3 Å². The third-order valence-electron chi connectivity index (χ3n) is 14.0. The van der Waals surface area contributed by atoms with Crippen LogP contribution in [0.5, 0.6) is 0 Å². The van der Waals surface area contributed by atoms with E-state index in [2.05, 4.69) is 206 Å². The number of nitrogens with zero attached hydrogens (tertiary/aromatic N) is 2. The van der Waals surface area contributed by atoms with Gasteiger partial charge in [0.05, 0.1) is 0 Å². The second-order valence-corrected chi connectivity index (χ2v) is 26.4. The van der Waals surface area contributed by atoms with E-state index in [4.69, 9.17) is 0 Å². The maximum Gasteiger partial charge on any atom is 0.117 e. The molecule has 2 aliphatic heterocycles. The molecule has 11 rings (SSSR count). The third kappa shape index (κ3) is 5.06. The minimum Gasteiger partial charge on any atom is -0.311 e. The highest BCUT2D eigenvalue weighted by atomic mass is 28.3. The first kappa shape index (κ1) is 34.6. The molecule has 7 aromatic rings. The normalized spacial score (nSPS) is 17.5. The lowest BCUT2D eigenvalue weighted by atomic mass is 9.76. The lowest BCUT2D eigenvalue weighted by Crippen LogP contribution is -2.58. The topological polar surface area (TPSA) is 6.48 Å². The largest absolute Gasteiger partial charge is 0.311 e. The number of hydrogen-bond acceptors (Lipinski definition) is 2. The number of rotatable bonds is 4. The van der Waals surface area contributed by atoms with Crippen LogP contribution in [0.15, 0.2) is 158 Å². The maximum atomic E-state index is 2.56. The molecule has 4 aliphatic rings. The van der Waals surface area contributed by atoms with E-state index in [0.29, 0.717) is 0 Å². The minimum atomic E-state index is -1.84. The molecule has 0 amide bonds. The van der Waals surface area contributed by atoms with Gasteiger partial charge in [0, 0.05) is 39.5 Å². The third-order valence-corrected chi connectivity index (χ3v) is 21.1. The van der Waals surface area contributed by atoms with E-state index in [1.165, 1.54) is 114 Å². The molecule has 1 saturated carbocycles. The van der Waals surface area contributed by atoms with Crippen molar-refractivity contribution in [1.29, 1.82) is 0 Å². The second kappa shape index (κ2) is 12.7. The Kier molecular flexibility index (Phi) is 7.67. The fraction of sp³-hybridized carbons (Fsp3) is 0.170. The molecule has 2 aliphatic carbocycles. The van der Waals surface area contributed by atoms with Gasteiger partial charge >= 0.3 is 0 Å². The van der Waals surface area contributed by atoms with Gasteiger partial charge in [-0.1, -0.05) is 160 Å². The summed E-state index contributed by atoms with van der Waals surface area (Å²) in [6, 6.07) is 60.1. The van der Waals surface area contributed by atoms with E-state index in [1.807, 2.05) is 0 Å². The molecule has 0 aromatic heterocycles. The van der Waals surface area contributed by atoms with Gasteiger partial charge < -0.3 is 9.80 Å². The molecular weight excluding hydrogens is 721 g/mol. The van der Waals surface area contributed by atoms with Crippen LogP contribution in [0.1, 0.15) is 47.9 Å². The number of hydrogen-bond donors (Lipinski definition) is 0. The highest BCUT2D eigenvalue weighted by Crippen LogP contribution is 2.58. The summed E-state index contributed by atoms with van der Waals surface area (Å²) in [4.78, 5) is 5.02. The SMILES string of the molecule is C[Si]1(C)c2ccccc2N(c2ccc(C=Cc3ccc4c(c3)C3(CCCC3)c3cc(N5c6ccccc6[Si](C)(C)c6ccccc65)ccc3-4)cc2)c2ccccc21. The molecule has 0 atom stereocenters. The number of fused-ring (bicyclic) bond motifs is 9. The number of para-hydroxylation sites is 4. The van der Waals surface area contributed by atoms with Gasteiger partial charge in [-0.25, -0.2) is 0 Å². The van der Waals surface area contributed by atoms with E-state index in [0.717, 1.165) is 0 Å². The van der Waals surface area contributed by atoms with Crippen molar-refractivity contribution in [3.05, 3.63) is 180 Å². The Hall–Kier alpha value is -5.69. The van der Waals surface area contributed by atoms with Gasteiger partial charge in [-0.15, -0.1) is 0 Å². The number of benzene rings is 7. The van der Waals surface area contributed by atoms with Crippen LogP contribution in [0.2, 0.25) is 26.2 Å². The lowest BCUT2D eigenvalue weighted by Gasteiger charge is -2.41. The molecule has 0 radical (unpaired) electrons. The van der Waals surface area contributed by atoms with Gasteiger partial charge in [-0.3, -0.25) is 0 Å². The summed E-state index contributed by atoms with van der Waals surface area (Å²) in [5.41, 5.74) is 16.2. The van der Waals surface area contributed by atoms with Crippen molar-refractivity contribution in [2.24, 2.45) is 0 Å². The van der Waals surface area contributed by atoms with Crippen LogP contribution in [-0.2, 0) is 5.41 Å². The van der Waals surface area contributed by atoms with Crippen molar-refractivity contribution in [3.63, 3.8) is 0 Å². The zero-order valence-electron chi connectivity index (χ0n) is 33.4. The Morgan fingerprint density at radius 1 is 0.421 bits per heavy atom. The van der Waals surface area contributed by atoms with Crippen LogP contribution >= 0.6 is 0 Å². The van der Waals surface area contributed by atoms with Crippen LogP contribution in [-0.4, -0.2) is 16.1 Å². The molecule has 0 N–H and O–H groups in total. The predicted octanol–water partition coefficient (Wildman–Crippen LogP) is 11.9. The molecular formula is C53H48N2Si2. The molecule has 1 spiro atoms. The minimum absolute atomic E-state index is 0.0630. The summed E-state index contributed by atoms with van der Waals surface area (Å²) in [6.45, 7) is 9.97. The monoisotopic (exact) mass is 768 g/mol. The summed E-state index contributed by atoms with van der Waals surface area (Å²) in [7, 11) is -3.64. The molecule has 2 nitrogen and oxygen atoms in total. The van der Waals surface area contributed by atoms with E-state index in [-0.39, 0.29) is 5.41 Å². The Morgan fingerprint density at radius 2 is 0.807 bits per heavy atom. The molecule has 0 unspecified atom stereocenters. The average Bonchev–Trinajstić information content (AvgIpc) is 3.84. The van der Waals surface area contributed by atoms with Gasteiger partial charge in [-0.05, 0) is 116 Å².